The van der Waals surface area contributed by atoms with E-state index in [0.717, 1.165) is 0 Å². The molecule has 3 N–H and O–H groups in total. The van der Waals surface area contributed by atoms with Crippen LogP contribution in [0.25, 0.3) is 0 Å². The molecule has 1 rings (SSSR count). The third kappa shape index (κ3) is 1.66. The van der Waals surface area contributed by atoms with Gasteiger partial charge in [0.25, 0.3) is 0 Å². The molecule has 0 heterocycles. The van der Waals surface area contributed by atoms with Crippen LogP contribution in [0.4, 0.5) is 0 Å². The van der Waals surface area contributed by atoms with Gasteiger partial charge in [-0.15, -0.1) is 0 Å². The molecule has 1 fully saturated rings. The molecule has 9 heavy (non-hydrogen) atoms. The van der Waals surface area contributed by atoms with Gasteiger partial charge in [0.2, 0.25) is 0 Å². The van der Waals surface area contributed by atoms with Gasteiger partial charge in [0.05, 0.1) is 6.61 Å². The van der Waals surface area contributed by atoms with Crippen LogP contribution in [0.3, 0.4) is 0 Å². The Morgan fingerprint density at radius 2 is 2.00 bits per heavy atom. The summed E-state index contributed by atoms with van der Waals surface area (Å²) in [5.74, 6) is 0.606. The van der Waals surface area contributed by atoms with E-state index in [1.54, 1.807) is 0 Å². The molecule has 0 aromatic carbocycles. The van der Waals surface area contributed by atoms with Crippen molar-refractivity contribution in [2.24, 2.45) is 11.7 Å². The second kappa shape index (κ2) is 3.18. The van der Waals surface area contributed by atoms with Crippen LogP contribution in [0.5, 0.6) is 0 Å². The summed E-state index contributed by atoms with van der Waals surface area (Å²) in [5.41, 5.74) is 5.63. The van der Waals surface area contributed by atoms with E-state index in [4.69, 9.17) is 10.8 Å². The average Bonchev–Trinajstić information content (AvgIpc) is 2.37. The summed E-state index contributed by atoms with van der Waals surface area (Å²) in [4.78, 5) is 0. The van der Waals surface area contributed by atoms with E-state index >= 15 is 0 Å². The van der Waals surface area contributed by atoms with Crippen molar-refractivity contribution in [1.82, 2.24) is 0 Å². The fourth-order valence-corrected chi connectivity index (χ4v) is 1.53. The number of rotatable bonds is 2. The predicted octanol–water partition coefficient (Wildman–Crippen LogP) is 0.496. The molecule has 0 unspecified atom stereocenters. The maximum absolute atomic E-state index is 8.67. The molecule has 1 aliphatic rings. The smallest absolute Gasteiger partial charge is 0.0585 e. The maximum Gasteiger partial charge on any atom is 0.0585 e. The average molecular weight is 129 g/mol. The molecular formula is C7H15NO. The lowest BCUT2D eigenvalue weighted by molar-refractivity contribution is 0.227. The van der Waals surface area contributed by atoms with Gasteiger partial charge in [-0.2, -0.15) is 0 Å². The monoisotopic (exact) mass is 129 g/mol. The van der Waals surface area contributed by atoms with Crippen LogP contribution in [0.2, 0.25) is 0 Å². The first-order valence-corrected chi connectivity index (χ1v) is 3.71. The van der Waals surface area contributed by atoms with Crippen molar-refractivity contribution in [3.05, 3.63) is 0 Å². The topological polar surface area (TPSA) is 46.2 Å². The van der Waals surface area contributed by atoms with E-state index in [1.807, 2.05) is 0 Å². The molecule has 2 nitrogen and oxygen atoms in total. The number of nitrogens with two attached hydrogens (primary N) is 1. The number of hydrogen-bond donors (Lipinski definition) is 2. The minimum atomic E-state index is 0.0486. The molecule has 0 aromatic rings. The molecule has 1 saturated carbocycles. The fourth-order valence-electron chi connectivity index (χ4n) is 1.53. The lowest BCUT2D eigenvalue weighted by Gasteiger charge is -2.14. The highest BCUT2D eigenvalue weighted by Gasteiger charge is 2.20. The second-order valence-corrected chi connectivity index (χ2v) is 2.89. The Labute approximate surface area is 56.1 Å². The normalized spacial score (nSPS) is 24.7. The lowest BCUT2D eigenvalue weighted by atomic mass is 10.0. The van der Waals surface area contributed by atoms with Crippen molar-refractivity contribution in [2.75, 3.05) is 6.61 Å². The maximum atomic E-state index is 8.67. The first kappa shape index (κ1) is 7.03. The van der Waals surface area contributed by atoms with Crippen LogP contribution in [0.15, 0.2) is 0 Å². The third-order valence-electron chi connectivity index (χ3n) is 2.22. The van der Waals surface area contributed by atoms with Gasteiger partial charge in [-0.1, -0.05) is 12.8 Å². The van der Waals surface area contributed by atoms with Crippen LogP contribution in [0, 0.1) is 5.92 Å². The molecule has 0 aliphatic heterocycles. The van der Waals surface area contributed by atoms with Crippen LogP contribution in [-0.4, -0.2) is 17.8 Å². The first-order valence-electron chi connectivity index (χ1n) is 3.71. The molecule has 2 heteroatoms. The summed E-state index contributed by atoms with van der Waals surface area (Å²) < 4.78 is 0. The molecule has 0 bridgehead atoms. The fraction of sp³-hybridized carbons (Fsp3) is 1.00. The van der Waals surface area contributed by atoms with Gasteiger partial charge in [-0.3, -0.25) is 0 Å². The molecule has 54 valence electrons. The van der Waals surface area contributed by atoms with Crippen LogP contribution < -0.4 is 5.73 Å². The van der Waals surface area contributed by atoms with Gasteiger partial charge in [-0.05, 0) is 18.8 Å². The summed E-state index contributed by atoms with van der Waals surface area (Å²) in [7, 11) is 0. The lowest BCUT2D eigenvalue weighted by Crippen LogP contribution is -2.31. The zero-order valence-corrected chi connectivity index (χ0v) is 5.71. The zero-order valence-electron chi connectivity index (χ0n) is 5.71. The molecular weight excluding hydrogens is 114 g/mol. The van der Waals surface area contributed by atoms with E-state index in [1.165, 1.54) is 25.7 Å². The quantitative estimate of drug-likeness (QED) is 0.570. The predicted molar refractivity (Wildman–Crippen MR) is 37.0 cm³/mol. The highest BCUT2D eigenvalue weighted by atomic mass is 16.3. The minimum Gasteiger partial charge on any atom is -0.395 e. The van der Waals surface area contributed by atoms with E-state index in [-0.39, 0.29) is 12.6 Å². The third-order valence-corrected chi connectivity index (χ3v) is 2.22. The van der Waals surface area contributed by atoms with Crippen molar-refractivity contribution in [3.8, 4) is 0 Å². The number of aliphatic hydroxyl groups is 1. The van der Waals surface area contributed by atoms with Crippen molar-refractivity contribution in [3.63, 3.8) is 0 Å². The molecule has 1 atom stereocenters. The van der Waals surface area contributed by atoms with Gasteiger partial charge >= 0.3 is 0 Å². The van der Waals surface area contributed by atoms with Crippen molar-refractivity contribution >= 4 is 0 Å². The van der Waals surface area contributed by atoms with Gasteiger partial charge in [0.15, 0.2) is 0 Å². The standard InChI is InChI=1S/C7H15NO/c8-7(5-9)6-3-1-2-4-6/h6-7,9H,1-5,8H2/t7-/m1/s1. The van der Waals surface area contributed by atoms with Crippen LogP contribution >= 0.6 is 0 Å². The van der Waals surface area contributed by atoms with Crippen LogP contribution in [-0.2, 0) is 0 Å². The minimum absolute atomic E-state index is 0.0486. The number of hydrogen-bond acceptors (Lipinski definition) is 2. The van der Waals surface area contributed by atoms with Gasteiger partial charge in [0, 0.05) is 6.04 Å². The largest absolute Gasteiger partial charge is 0.395 e. The van der Waals surface area contributed by atoms with E-state index in [0.29, 0.717) is 5.92 Å². The Kier molecular flexibility index (Phi) is 2.49. The van der Waals surface area contributed by atoms with E-state index in [9.17, 15) is 0 Å². The van der Waals surface area contributed by atoms with E-state index < -0.39 is 0 Å². The Hall–Kier alpha value is -0.0800. The summed E-state index contributed by atoms with van der Waals surface area (Å²) in [6, 6.07) is 0.0486. The molecule has 0 radical (unpaired) electrons. The highest BCUT2D eigenvalue weighted by Crippen LogP contribution is 2.26. The van der Waals surface area contributed by atoms with Crippen molar-refractivity contribution in [2.45, 2.75) is 31.7 Å². The molecule has 1 aliphatic carbocycles. The number of aliphatic hydroxyl groups excluding tert-OH is 1. The Bertz CT molecular complexity index is 79.0. The molecule has 0 saturated heterocycles. The second-order valence-electron chi connectivity index (χ2n) is 2.89. The molecule has 0 spiro atoms. The Morgan fingerprint density at radius 3 is 2.44 bits per heavy atom. The first-order chi connectivity index (χ1) is 4.34. The van der Waals surface area contributed by atoms with Crippen LogP contribution in [0.1, 0.15) is 25.7 Å². The van der Waals surface area contributed by atoms with Crippen molar-refractivity contribution in [1.29, 1.82) is 0 Å². The van der Waals surface area contributed by atoms with Gasteiger partial charge in [0.1, 0.15) is 0 Å². The zero-order chi connectivity index (χ0) is 6.69. The molecule has 0 aromatic heterocycles. The van der Waals surface area contributed by atoms with Gasteiger partial charge in [-0.25, -0.2) is 0 Å². The van der Waals surface area contributed by atoms with Crippen molar-refractivity contribution < 1.29 is 5.11 Å². The van der Waals surface area contributed by atoms with Gasteiger partial charge < -0.3 is 10.8 Å². The SMILES string of the molecule is N[C@H](CO)C1CCCC1. The molecule has 0 amide bonds. The van der Waals surface area contributed by atoms with E-state index in [2.05, 4.69) is 0 Å². The summed E-state index contributed by atoms with van der Waals surface area (Å²) in [5, 5.41) is 8.67. The Balaban J connectivity index is 2.24. The summed E-state index contributed by atoms with van der Waals surface area (Å²) in [6.45, 7) is 0.157. The Morgan fingerprint density at radius 1 is 1.44 bits per heavy atom. The highest BCUT2D eigenvalue weighted by molar-refractivity contribution is 4.76. The summed E-state index contributed by atoms with van der Waals surface area (Å²) in [6.07, 6.45) is 5.06. The summed E-state index contributed by atoms with van der Waals surface area (Å²) >= 11 is 0.